The van der Waals surface area contributed by atoms with E-state index in [9.17, 15) is 9.90 Å². The van der Waals surface area contributed by atoms with E-state index in [-0.39, 0.29) is 23.0 Å². The van der Waals surface area contributed by atoms with Gasteiger partial charge in [-0.25, -0.2) is 0 Å². The number of methoxy groups -OCH3 is 1. The maximum absolute atomic E-state index is 12.6. The molecule has 0 bridgehead atoms. The Morgan fingerprint density at radius 1 is 1.08 bits per heavy atom. The van der Waals surface area contributed by atoms with E-state index in [0.717, 1.165) is 25.7 Å². The second kappa shape index (κ2) is 6.86. The molecule has 0 aliphatic heterocycles. The van der Waals surface area contributed by atoms with Gasteiger partial charge in [-0.1, -0.05) is 13.8 Å². The van der Waals surface area contributed by atoms with Crippen LogP contribution in [0, 0.1) is 34.5 Å². The minimum absolute atomic E-state index is 0.144. The maximum atomic E-state index is 12.6. The van der Waals surface area contributed by atoms with Crippen LogP contribution in [0.4, 0.5) is 0 Å². The van der Waals surface area contributed by atoms with Crippen LogP contribution in [0.25, 0.3) is 0 Å². The van der Waals surface area contributed by atoms with Crippen molar-refractivity contribution in [2.45, 2.75) is 77.4 Å². The molecule has 4 saturated carbocycles. The van der Waals surface area contributed by atoms with Gasteiger partial charge < -0.3 is 14.6 Å². The van der Waals surface area contributed by atoms with Crippen LogP contribution in [0.15, 0.2) is 0 Å². The molecular weight excluding hydrogens is 328 g/mol. The summed E-state index contributed by atoms with van der Waals surface area (Å²) in [6.45, 7) is 5.86. The number of carbonyl (C=O) groups is 1. The highest BCUT2D eigenvalue weighted by Gasteiger charge is 2.63. The number of hydrogen-bond acceptors (Lipinski definition) is 4. The summed E-state index contributed by atoms with van der Waals surface area (Å²) in [5.74, 6) is 2.42. The van der Waals surface area contributed by atoms with Crippen molar-refractivity contribution in [3.63, 3.8) is 0 Å². The highest BCUT2D eigenvalue weighted by atomic mass is 16.5. The molecule has 0 radical (unpaired) electrons. The van der Waals surface area contributed by atoms with Gasteiger partial charge in [-0.05, 0) is 74.0 Å². The molecule has 4 heteroatoms. The Kier molecular flexibility index (Phi) is 4.98. The molecule has 4 rings (SSSR count). The number of aliphatic hydroxyl groups is 1. The second-order valence-electron chi connectivity index (χ2n) is 9.99. The Bertz CT molecular complexity index is 546. The first-order chi connectivity index (χ1) is 12.4. The smallest absolute Gasteiger partial charge is 0.139 e. The number of rotatable bonds is 4. The third-order valence-electron chi connectivity index (χ3n) is 8.85. The normalized spacial score (nSPS) is 50.8. The fraction of sp³-hybridized carbons (Fsp3) is 0.955. The number of ether oxygens (including phenoxy) is 2. The molecule has 0 spiro atoms. The zero-order chi connectivity index (χ0) is 18.5. The first kappa shape index (κ1) is 18.9. The fourth-order valence-corrected chi connectivity index (χ4v) is 7.65. The van der Waals surface area contributed by atoms with Crippen LogP contribution in [-0.4, -0.2) is 43.4 Å². The number of hydrogen-bond donors (Lipinski definition) is 1. The van der Waals surface area contributed by atoms with Crippen molar-refractivity contribution in [2.24, 2.45) is 34.5 Å². The molecule has 8 atom stereocenters. The number of Topliss-reactive ketones (excluding diaryl/α,β-unsaturated/α-hetero) is 1. The van der Waals surface area contributed by atoms with Crippen molar-refractivity contribution >= 4 is 5.78 Å². The molecule has 4 fully saturated rings. The van der Waals surface area contributed by atoms with Crippen molar-refractivity contribution < 1.29 is 19.4 Å². The molecule has 0 amide bonds. The van der Waals surface area contributed by atoms with Crippen molar-refractivity contribution in [2.75, 3.05) is 20.3 Å². The standard InChI is InChI=1S/C22H36O4/c1-21-12-15(26-11-10-25-3)6-4-14(21)5-7-16-17-8-9-19(24)22(17,2)13-18(23)20(16)21/h14-18,20,23H,4-13H2,1-3H3/t14-,15-,16+,17+,18+,20-,21+,22+/m1/s1. The van der Waals surface area contributed by atoms with Crippen LogP contribution in [0.1, 0.15) is 65.2 Å². The molecule has 26 heavy (non-hydrogen) atoms. The molecule has 148 valence electrons. The van der Waals surface area contributed by atoms with Crippen LogP contribution in [0.2, 0.25) is 0 Å². The Labute approximate surface area is 158 Å². The summed E-state index contributed by atoms with van der Waals surface area (Å²) in [4.78, 5) is 12.6. The van der Waals surface area contributed by atoms with Gasteiger partial charge in [0.25, 0.3) is 0 Å². The summed E-state index contributed by atoms with van der Waals surface area (Å²) in [5.41, 5.74) is -0.127. The van der Waals surface area contributed by atoms with E-state index in [1.165, 1.54) is 19.3 Å². The van der Waals surface area contributed by atoms with Gasteiger partial charge in [0.2, 0.25) is 0 Å². The zero-order valence-corrected chi connectivity index (χ0v) is 16.7. The maximum Gasteiger partial charge on any atom is 0.139 e. The molecule has 0 saturated heterocycles. The Morgan fingerprint density at radius 3 is 2.62 bits per heavy atom. The summed E-state index contributed by atoms with van der Waals surface area (Å²) in [7, 11) is 1.71. The molecule has 4 nitrogen and oxygen atoms in total. The topological polar surface area (TPSA) is 55.8 Å². The van der Waals surface area contributed by atoms with Gasteiger partial charge in [0.15, 0.2) is 0 Å². The first-order valence-corrected chi connectivity index (χ1v) is 10.7. The molecule has 0 unspecified atom stereocenters. The number of ketones is 1. The number of aliphatic hydroxyl groups excluding tert-OH is 1. The average molecular weight is 365 g/mol. The molecule has 4 aliphatic carbocycles. The third kappa shape index (κ3) is 2.79. The van der Waals surface area contributed by atoms with Crippen LogP contribution >= 0.6 is 0 Å². The predicted molar refractivity (Wildman–Crippen MR) is 99.7 cm³/mol. The summed E-state index contributed by atoms with van der Waals surface area (Å²) in [6.07, 6.45) is 8.25. The minimum Gasteiger partial charge on any atom is -0.393 e. The molecular formula is C22H36O4. The highest BCUT2D eigenvalue weighted by Crippen LogP contribution is 2.65. The van der Waals surface area contributed by atoms with E-state index in [0.29, 0.717) is 49.1 Å². The van der Waals surface area contributed by atoms with Crippen molar-refractivity contribution in [1.82, 2.24) is 0 Å². The first-order valence-electron chi connectivity index (χ1n) is 10.7. The molecule has 1 N–H and O–H groups in total. The van der Waals surface area contributed by atoms with Crippen LogP contribution in [-0.2, 0) is 14.3 Å². The van der Waals surface area contributed by atoms with E-state index in [1.54, 1.807) is 7.11 Å². The van der Waals surface area contributed by atoms with E-state index >= 15 is 0 Å². The van der Waals surface area contributed by atoms with Gasteiger partial charge in [-0.2, -0.15) is 0 Å². The van der Waals surface area contributed by atoms with Gasteiger partial charge in [-0.15, -0.1) is 0 Å². The summed E-state index contributed by atoms with van der Waals surface area (Å²) in [5, 5.41) is 11.2. The fourth-order valence-electron chi connectivity index (χ4n) is 7.65. The zero-order valence-electron chi connectivity index (χ0n) is 16.7. The summed E-state index contributed by atoms with van der Waals surface area (Å²) >= 11 is 0. The summed E-state index contributed by atoms with van der Waals surface area (Å²) in [6, 6.07) is 0. The van der Waals surface area contributed by atoms with Crippen molar-refractivity contribution in [3.8, 4) is 0 Å². The van der Waals surface area contributed by atoms with E-state index in [1.807, 2.05) is 0 Å². The lowest BCUT2D eigenvalue weighted by Crippen LogP contribution is -2.59. The summed E-state index contributed by atoms with van der Waals surface area (Å²) < 4.78 is 11.3. The second-order valence-corrected chi connectivity index (χ2v) is 9.99. The van der Waals surface area contributed by atoms with Crippen molar-refractivity contribution in [3.05, 3.63) is 0 Å². The lowest BCUT2D eigenvalue weighted by molar-refractivity contribution is -0.182. The van der Waals surface area contributed by atoms with Gasteiger partial charge in [-0.3, -0.25) is 4.79 Å². The van der Waals surface area contributed by atoms with Crippen LogP contribution in [0.3, 0.4) is 0 Å². The minimum atomic E-state index is -0.339. The SMILES string of the molecule is COCCO[C@@H]1CC[C@@H]2CC[C@@H]3[C@H]([C@@H](O)C[C@]4(C)C(=O)CC[C@@H]34)[C@@]2(C)C1. The molecule has 0 aromatic rings. The Morgan fingerprint density at radius 2 is 1.85 bits per heavy atom. The lowest BCUT2D eigenvalue weighted by atomic mass is 9.44. The highest BCUT2D eigenvalue weighted by molar-refractivity contribution is 5.87. The Hall–Kier alpha value is -0.450. The van der Waals surface area contributed by atoms with E-state index in [4.69, 9.17) is 9.47 Å². The van der Waals surface area contributed by atoms with E-state index in [2.05, 4.69) is 13.8 Å². The van der Waals surface area contributed by atoms with Crippen LogP contribution in [0.5, 0.6) is 0 Å². The third-order valence-corrected chi connectivity index (χ3v) is 8.85. The molecule has 0 heterocycles. The monoisotopic (exact) mass is 364 g/mol. The lowest BCUT2D eigenvalue weighted by Gasteiger charge is -2.61. The van der Waals surface area contributed by atoms with Gasteiger partial charge in [0.05, 0.1) is 25.4 Å². The van der Waals surface area contributed by atoms with Crippen LogP contribution < -0.4 is 0 Å². The van der Waals surface area contributed by atoms with Crippen molar-refractivity contribution in [1.29, 1.82) is 0 Å². The largest absolute Gasteiger partial charge is 0.393 e. The predicted octanol–water partition coefficient (Wildman–Crippen LogP) is 3.60. The molecule has 4 aliphatic rings. The average Bonchev–Trinajstić information content (AvgIpc) is 2.88. The Balaban J connectivity index is 1.56. The van der Waals surface area contributed by atoms with E-state index < -0.39 is 0 Å². The van der Waals surface area contributed by atoms with Gasteiger partial charge in [0, 0.05) is 18.9 Å². The molecule has 0 aromatic heterocycles. The number of fused-ring (bicyclic) bond motifs is 5. The molecule has 0 aromatic carbocycles. The van der Waals surface area contributed by atoms with Gasteiger partial charge >= 0.3 is 0 Å². The van der Waals surface area contributed by atoms with Gasteiger partial charge in [0.1, 0.15) is 5.78 Å². The quantitative estimate of drug-likeness (QED) is 0.775. The number of carbonyl (C=O) groups excluding carboxylic acids is 1.